The highest BCUT2D eigenvalue weighted by atomic mass is 32.1. The van der Waals surface area contributed by atoms with Crippen molar-refractivity contribution in [3.05, 3.63) is 162 Å². The Hall–Kier alpha value is -5.64. The summed E-state index contributed by atoms with van der Waals surface area (Å²) in [4.78, 5) is 2.31. The minimum atomic E-state index is -0.624. The van der Waals surface area contributed by atoms with Crippen LogP contribution in [0.25, 0.3) is 64.4 Å². The number of hydrogen-bond donors (Lipinski definition) is 0. The third-order valence-corrected chi connectivity index (χ3v) is 13.3. The van der Waals surface area contributed by atoms with E-state index in [0.717, 1.165) is 63.0 Å². The second kappa shape index (κ2) is 12.2. The lowest BCUT2D eigenvalue weighted by molar-refractivity contribution is 0.445. The molecule has 1 saturated carbocycles. The molecule has 54 heavy (non-hydrogen) atoms. The quantitative estimate of drug-likeness (QED) is 0.176. The fourth-order valence-corrected chi connectivity index (χ4v) is 10.7. The van der Waals surface area contributed by atoms with E-state index in [1.165, 1.54) is 56.1 Å². The third kappa shape index (κ3) is 4.77. The van der Waals surface area contributed by atoms with Crippen molar-refractivity contribution in [3.63, 3.8) is 0 Å². The van der Waals surface area contributed by atoms with Crippen LogP contribution in [-0.4, -0.2) is 0 Å². The number of hydrogen-bond acceptors (Lipinski definition) is 3. The number of rotatable bonds is 5. The van der Waals surface area contributed by atoms with Gasteiger partial charge in [0.1, 0.15) is 11.2 Å². The molecule has 2 aromatic heterocycles. The maximum Gasteiger partial charge on any atom is 0.143 e. The first kappa shape index (κ1) is 27.9. The zero-order valence-electron chi connectivity index (χ0n) is 34.4. The van der Waals surface area contributed by atoms with Crippen LogP contribution in [0.2, 0.25) is 0 Å². The fourth-order valence-electron chi connectivity index (χ4n) is 9.52. The molecule has 0 saturated heterocycles. The molecule has 2 heterocycles. The average Bonchev–Trinajstić information content (AvgIpc) is 3.90. The van der Waals surface area contributed by atoms with E-state index in [1.807, 2.05) is 11.3 Å². The maximum atomic E-state index is 9.16. The van der Waals surface area contributed by atoms with Crippen molar-refractivity contribution in [2.24, 2.45) is 0 Å². The highest BCUT2D eigenvalue weighted by molar-refractivity contribution is 7.25. The topological polar surface area (TPSA) is 16.4 Å². The number of furan rings is 1. The van der Waals surface area contributed by atoms with Crippen LogP contribution in [0.5, 0.6) is 0 Å². The predicted molar refractivity (Wildman–Crippen MR) is 230 cm³/mol. The molecule has 0 atom stereocenters. The van der Waals surface area contributed by atoms with Gasteiger partial charge in [-0.3, -0.25) is 0 Å². The van der Waals surface area contributed by atoms with Gasteiger partial charge < -0.3 is 9.32 Å². The van der Waals surface area contributed by atoms with Crippen molar-refractivity contribution in [3.8, 4) is 22.3 Å². The highest BCUT2D eigenvalue weighted by Gasteiger charge is 2.39. The Bertz CT molecular complexity index is 3120. The van der Waals surface area contributed by atoms with E-state index in [1.54, 1.807) is 0 Å². The Morgan fingerprint density at radius 3 is 2.24 bits per heavy atom. The second-order valence-corrected chi connectivity index (χ2v) is 16.7. The smallest absolute Gasteiger partial charge is 0.143 e. The molecule has 0 unspecified atom stereocenters. The lowest BCUT2D eigenvalue weighted by Gasteiger charge is -2.27. The Labute approximate surface area is 325 Å². The molecule has 0 aliphatic heterocycles. The molecule has 7 aromatic carbocycles. The van der Waals surface area contributed by atoms with E-state index < -0.39 is 5.41 Å². The van der Waals surface area contributed by atoms with Crippen molar-refractivity contribution in [1.82, 2.24) is 0 Å². The summed E-state index contributed by atoms with van der Waals surface area (Å²) in [5.41, 5.74) is 10.7. The maximum absolute atomic E-state index is 9.16. The first-order valence-corrected chi connectivity index (χ1v) is 20.0. The Morgan fingerprint density at radius 1 is 0.648 bits per heavy atom. The van der Waals surface area contributed by atoms with Crippen LogP contribution >= 0.6 is 11.3 Å². The summed E-state index contributed by atoms with van der Waals surface area (Å²) in [7, 11) is 0. The fraction of sp³-hybridized carbons (Fsp3) is 0.176. The molecule has 2 aliphatic rings. The van der Waals surface area contributed by atoms with Gasteiger partial charge >= 0.3 is 0 Å². The molecular formula is C51H41NOS. The zero-order chi connectivity index (χ0) is 39.4. The second-order valence-electron chi connectivity index (χ2n) is 15.6. The van der Waals surface area contributed by atoms with Gasteiger partial charge in [-0.05, 0) is 107 Å². The van der Waals surface area contributed by atoms with Gasteiger partial charge in [-0.15, -0.1) is 11.3 Å². The van der Waals surface area contributed by atoms with Gasteiger partial charge in [-0.25, -0.2) is 0 Å². The molecule has 0 amide bonds. The first-order chi connectivity index (χ1) is 28.2. The lowest BCUT2D eigenvalue weighted by atomic mass is 9.77. The summed E-state index contributed by atoms with van der Waals surface area (Å²) in [6.45, 7) is 4.20. The average molecular weight is 720 g/mol. The van der Waals surface area contributed by atoms with Gasteiger partial charge in [-0.2, -0.15) is 0 Å². The van der Waals surface area contributed by atoms with Gasteiger partial charge in [-0.1, -0.05) is 124 Å². The monoisotopic (exact) mass is 719 g/mol. The van der Waals surface area contributed by atoms with Gasteiger partial charge in [0, 0.05) is 59.0 Å². The molecule has 11 rings (SSSR count). The normalized spacial score (nSPS) is 16.3. The summed E-state index contributed by atoms with van der Waals surface area (Å²) in [5, 5.41) is 4.68. The minimum Gasteiger partial charge on any atom is -0.455 e. The van der Waals surface area contributed by atoms with Crippen LogP contribution in [0.3, 0.4) is 0 Å². The molecule has 3 heteroatoms. The molecule has 0 radical (unpaired) electrons. The van der Waals surface area contributed by atoms with Crippen molar-refractivity contribution in [1.29, 1.82) is 0 Å². The van der Waals surface area contributed by atoms with E-state index in [-0.39, 0.29) is 24.2 Å². The Kier molecular flexibility index (Phi) is 6.30. The number of anilines is 3. The van der Waals surface area contributed by atoms with Crippen LogP contribution in [0.4, 0.5) is 17.1 Å². The van der Waals surface area contributed by atoms with Crippen LogP contribution in [0.15, 0.2) is 150 Å². The third-order valence-electron chi connectivity index (χ3n) is 12.1. The van der Waals surface area contributed by atoms with Crippen molar-refractivity contribution in [2.45, 2.75) is 57.3 Å². The summed E-state index contributed by atoms with van der Waals surface area (Å²) >= 11 is 1.84. The highest BCUT2D eigenvalue weighted by Crippen LogP contribution is 2.55. The van der Waals surface area contributed by atoms with Crippen LogP contribution in [0.1, 0.15) is 74.0 Å². The summed E-state index contributed by atoms with van der Waals surface area (Å²) < 4.78 is 45.0. The number of benzene rings is 7. The Morgan fingerprint density at radius 2 is 1.39 bits per heavy atom. The number of thiophene rings is 1. The standard InChI is InChI=1S/C51H41NOS/c1-51(2)42-21-11-9-18-38(42)49-43(51)31-40(32-14-5-3-6-15-32)48-41-30-36(28-29-44(41)53-50(48)49)52(34-16-7-4-8-17-34)35-26-24-33(25-27-35)37-20-13-23-46-47(37)39-19-10-12-22-45(39)54-46/h4,7-13,16-32H,3,5-6,14-15H2,1-2H3/i9D,11D,18D,21D. The van der Waals surface area contributed by atoms with Crippen LogP contribution < -0.4 is 4.90 Å². The minimum absolute atomic E-state index is 0.00203. The van der Waals surface area contributed by atoms with Gasteiger partial charge in [0.05, 0.1) is 5.48 Å². The van der Waals surface area contributed by atoms with Crippen molar-refractivity contribution in [2.75, 3.05) is 4.90 Å². The first-order valence-electron chi connectivity index (χ1n) is 21.2. The number of para-hydroxylation sites is 1. The van der Waals surface area contributed by atoms with Crippen molar-refractivity contribution < 1.29 is 9.90 Å². The van der Waals surface area contributed by atoms with Crippen LogP contribution in [0, 0.1) is 0 Å². The summed E-state index contributed by atoms with van der Waals surface area (Å²) in [6, 6.07) is 43.2. The SMILES string of the molecule is [2H]c1c([2H])c([2H])c2c(c1[2H])-c1c(cc(C3CCCCC3)c3c1oc1ccc(N(c4ccccc4)c4ccc(-c5cccc6sc7ccccc7c56)cc4)cc13)C2(C)C. The van der Waals surface area contributed by atoms with E-state index in [2.05, 4.69) is 140 Å². The predicted octanol–water partition coefficient (Wildman–Crippen LogP) is 15.4. The van der Waals surface area contributed by atoms with E-state index in [4.69, 9.17) is 9.90 Å². The van der Waals surface area contributed by atoms with Gasteiger partial charge in [0.2, 0.25) is 0 Å². The molecule has 2 aliphatic carbocycles. The zero-order valence-corrected chi connectivity index (χ0v) is 31.2. The van der Waals surface area contributed by atoms with E-state index in [9.17, 15) is 0 Å². The van der Waals surface area contributed by atoms with Gasteiger partial charge in [0.25, 0.3) is 0 Å². The van der Waals surface area contributed by atoms with E-state index >= 15 is 0 Å². The molecule has 0 bridgehead atoms. The number of fused-ring (bicyclic) bond motifs is 10. The molecule has 0 N–H and O–H groups in total. The van der Waals surface area contributed by atoms with Crippen molar-refractivity contribution >= 4 is 70.5 Å². The largest absolute Gasteiger partial charge is 0.455 e. The molecule has 9 aromatic rings. The molecule has 1 fully saturated rings. The number of nitrogens with zero attached hydrogens (tertiary/aromatic N) is 1. The molecule has 2 nitrogen and oxygen atoms in total. The van der Waals surface area contributed by atoms with E-state index in [0.29, 0.717) is 17.0 Å². The summed E-state index contributed by atoms with van der Waals surface area (Å²) in [5.74, 6) is 0.359. The van der Waals surface area contributed by atoms with Gasteiger partial charge in [0.15, 0.2) is 0 Å². The van der Waals surface area contributed by atoms with Crippen LogP contribution in [-0.2, 0) is 5.41 Å². The lowest BCUT2D eigenvalue weighted by Crippen LogP contribution is -2.16. The molecular weight excluding hydrogens is 675 g/mol. The molecule has 0 spiro atoms. The Balaban J connectivity index is 1.12. The summed E-state index contributed by atoms with van der Waals surface area (Å²) in [6.07, 6.45) is 5.81. The molecule has 262 valence electrons.